The number of aliphatic carboxylic acids is 1. The number of carbonyl (C=O) groups excluding carboxylic acids is 2. The maximum absolute atomic E-state index is 12.4. The van der Waals surface area contributed by atoms with E-state index in [1.807, 2.05) is 31.2 Å². The van der Waals surface area contributed by atoms with E-state index in [0.717, 1.165) is 22.3 Å². The number of aromatic nitrogens is 1. The summed E-state index contributed by atoms with van der Waals surface area (Å²) in [6.45, 7) is 2.02. The molecule has 2 aromatic carbocycles. The highest BCUT2D eigenvalue weighted by Crippen LogP contribution is 2.44. The standard InChI is InChI=1S/C27H27N3O5/c1-2-17(14-26(32)33)29-25(31)13-18-11-12-19(15-28-18)30-27(34)35-16-24-22-9-5-3-7-20(22)21-8-4-6-10-23(21)24/h3-12,15,17,24H,2,13-14,16H2,1H3,(H,29,31)(H,30,34)(H,32,33)/t17-/m1/s1. The number of nitrogens with zero attached hydrogens (tertiary/aromatic N) is 1. The maximum Gasteiger partial charge on any atom is 0.411 e. The van der Waals surface area contributed by atoms with Crippen LogP contribution in [-0.2, 0) is 20.7 Å². The van der Waals surface area contributed by atoms with Crippen molar-refractivity contribution in [2.75, 3.05) is 11.9 Å². The van der Waals surface area contributed by atoms with E-state index in [0.29, 0.717) is 17.8 Å². The zero-order chi connectivity index (χ0) is 24.8. The van der Waals surface area contributed by atoms with Crippen molar-refractivity contribution in [1.82, 2.24) is 10.3 Å². The second kappa shape index (κ2) is 10.8. The number of hydrogen-bond acceptors (Lipinski definition) is 5. The van der Waals surface area contributed by atoms with Gasteiger partial charge in [0.2, 0.25) is 5.91 Å². The highest BCUT2D eigenvalue weighted by atomic mass is 16.5. The lowest BCUT2D eigenvalue weighted by molar-refractivity contribution is -0.137. The first kappa shape index (κ1) is 23.9. The number of anilines is 1. The third-order valence-corrected chi connectivity index (χ3v) is 6.04. The van der Waals surface area contributed by atoms with Crippen LogP contribution in [0.3, 0.4) is 0 Å². The van der Waals surface area contributed by atoms with Crippen LogP contribution in [0.2, 0.25) is 0 Å². The van der Waals surface area contributed by atoms with E-state index in [1.54, 1.807) is 12.1 Å². The minimum Gasteiger partial charge on any atom is -0.481 e. The van der Waals surface area contributed by atoms with Crippen molar-refractivity contribution >= 4 is 23.7 Å². The van der Waals surface area contributed by atoms with Crippen LogP contribution in [0.25, 0.3) is 11.1 Å². The van der Waals surface area contributed by atoms with Crippen LogP contribution in [0.4, 0.5) is 10.5 Å². The smallest absolute Gasteiger partial charge is 0.411 e. The summed E-state index contributed by atoms with van der Waals surface area (Å²) in [7, 11) is 0. The van der Waals surface area contributed by atoms with Crippen LogP contribution in [-0.4, -0.2) is 40.7 Å². The first-order chi connectivity index (χ1) is 16.9. The predicted octanol–water partition coefficient (Wildman–Crippen LogP) is 4.35. The largest absolute Gasteiger partial charge is 0.481 e. The number of pyridine rings is 1. The molecule has 0 saturated heterocycles. The number of carbonyl (C=O) groups is 3. The normalized spacial score (nSPS) is 12.8. The molecule has 1 heterocycles. The number of benzene rings is 2. The Kier molecular flexibility index (Phi) is 7.40. The van der Waals surface area contributed by atoms with Gasteiger partial charge in [-0.05, 0) is 40.8 Å². The molecular formula is C27H27N3O5. The Hall–Kier alpha value is -4.20. The molecule has 0 radical (unpaired) electrons. The van der Waals surface area contributed by atoms with Crippen LogP contribution < -0.4 is 10.6 Å². The molecule has 0 bridgehead atoms. The SMILES string of the molecule is CC[C@H](CC(=O)O)NC(=O)Cc1ccc(NC(=O)OCC2c3ccccc3-c3ccccc32)cn1. The molecule has 3 aromatic rings. The van der Waals surface area contributed by atoms with Crippen LogP contribution in [0.5, 0.6) is 0 Å². The van der Waals surface area contributed by atoms with Crippen molar-refractivity contribution in [2.24, 2.45) is 0 Å². The fraction of sp³-hybridized carbons (Fsp3) is 0.259. The molecule has 1 aromatic heterocycles. The Morgan fingerprint density at radius 3 is 2.23 bits per heavy atom. The maximum atomic E-state index is 12.4. The Morgan fingerprint density at radius 2 is 1.66 bits per heavy atom. The number of fused-ring (bicyclic) bond motifs is 3. The average molecular weight is 474 g/mol. The number of carboxylic acid groups (broad SMARTS) is 1. The quantitative estimate of drug-likeness (QED) is 0.425. The zero-order valence-electron chi connectivity index (χ0n) is 19.4. The van der Waals surface area contributed by atoms with Crippen molar-refractivity contribution in [3.05, 3.63) is 83.7 Å². The molecule has 0 unspecified atom stereocenters. The van der Waals surface area contributed by atoms with Gasteiger partial charge in [0.05, 0.1) is 24.7 Å². The topological polar surface area (TPSA) is 118 Å². The minimum atomic E-state index is -0.959. The summed E-state index contributed by atoms with van der Waals surface area (Å²) >= 11 is 0. The average Bonchev–Trinajstić information content (AvgIpc) is 3.17. The van der Waals surface area contributed by atoms with Gasteiger partial charge in [0, 0.05) is 17.7 Å². The Labute approximate surface area is 203 Å². The molecule has 180 valence electrons. The summed E-state index contributed by atoms with van der Waals surface area (Å²) in [4.78, 5) is 39.7. The van der Waals surface area contributed by atoms with Crippen LogP contribution in [0.1, 0.15) is 42.5 Å². The fourth-order valence-electron chi connectivity index (χ4n) is 4.31. The monoisotopic (exact) mass is 473 g/mol. The van der Waals surface area contributed by atoms with E-state index in [4.69, 9.17) is 9.84 Å². The van der Waals surface area contributed by atoms with E-state index in [-0.39, 0.29) is 31.3 Å². The van der Waals surface area contributed by atoms with Gasteiger partial charge >= 0.3 is 12.1 Å². The van der Waals surface area contributed by atoms with E-state index in [1.165, 1.54) is 6.20 Å². The van der Waals surface area contributed by atoms with Gasteiger partial charge in [0.1, 0.15) is 6.61 Å². The van der Waals surface area contributed by atoms with Crippen molar-refractivity contribution in [2.45, 2.75) is 38.1 Å². The van der Waals surface area contributed by atoms with Gasteiger partial charge in [-0.15, -0.1) is 0 Å². The second-order valence-corrected chi connectivity index (χ2v) is 8.44. The van der Waals surface area contributed by atoms with E-state index in [9.17, 15) is 14.4 Å². The molecular weight excluding hydrogens is 446 g/mol. The van der Waals surface area contributed by atoms with E-state index < -0.39 is 18.1 Å². The Bertz CT molecular complexity index is 1180. The molecule has 0 saturated carbocycles. The number of ether oxygens (including phenoxy) is 1. The lowest BCUT2D eigenvalue weighted by atomic mass is 9.98. The Morgan fingerprint density at radius 1 is 1.00 bits per heavy atom. The summed E-state index contributed by atoms with van der Waals surface area (Å²) in [6, 6.07) is 19.1. The van der Waals surface area contributed by atoms with E-state index >= 15 is 0 Å². The van der Waals surface area contributed by atoms with Crippen molar-refractivity contribution in [3.8, 4) is 11.1 Å². The number of hydrogen-bond donors (Lipinski definition) is 3. The van der Waals surface area contributed by atoms with Crippen molar-refractivity contribution in [1.29, 1.82) is 0 Å². The molecule has 8 heteroatoms. The second-order valence-electron chi connectivity index (χ2n) is 8.44. The fourth-order valence-corrected chi connectivity index (χ4v) is 4.31. The van der Waals surface area contributed by atoms with Crippen LogP contribution >= 0.6 is 0 Å². The first-order valence-electron chi connectivity index (χ1n) is 11.5. The summed E-state index contributed by atoms with van der Waals surface area (Å²) in [5.74, 6) is -1.29. The molecule has 8 nitrogen and oxygen atoms in total. The zero-order valence-corrected chi connectivity index (χ0v) is 19.4. The molecule has 0 fully saturated rings. The van der Waals surface area contributed by atoms with Gasteiger partial charge in [-0.2, -0.15) is 0 Å². The van der Waals surface area contributed by atoms with Gasteiger partial charge in [0.25, 0.3) is 0 Å². The van der Waals surface area contributed by atoms with Crippen LogP contribution in [0.15, 0.2) is 66.9 Å². The van der Waals surface area contributed by atoms with Gasteiger partial charge in [0.15, 0.2) is 0 Å². The highest BCUT2D eigenvalue weighted by molar-refractivity contribution is 5.85. The molecule has 35 heavy (non-hydrogen) atoms. The van der Waals surface area contributed by atoms with Gasteiger partial charge in [-0.25, -0.2) is 4.79 Å². The number of amides is 2. The van der Waals surface area contributed by atoms with Crippen molar-refractivity contribution in [3.63, 3.8) is 0 Å². The molecule has 2 amide bonds. The summed E-state index contributed by atoms with van der Waals surface area (Å²) in [5.41, 5.74) is 5.55. The molecule has 0 aliphatic heterocycles. The predicted molar refractivity (Wildman–Crippen MR) is 131 cm³/mol. The molecule has 3 N–H and O–H groups in total. The third-order valence-electron chi connectivity index (χ3n) is 6.04. The lowest BCUT2D eigenvalue weighted by Crippen LogP contribution is -2.37. The number of nitrogens with one attached hydrogen (secondary N) is 2. The van der Waals surface area contributed by atoms with Crippen LogP contribution in [0, 0.1) is 0 Å². The first-order valence-corrected chi connectivity index (χ1v) is 11.5. The third kappa shape index (κ3) is 5.84. The Balaban J connectivity index is 1.30. The summed E-state index contributed by atoms with van der Waals surface area (Å²) in [5, 5.41) is 14.3. The van der Waals surface area contributed by atoms with Gasteiger partial charge < -0.3 is 15.2 Å². The van der Waals surface area contributed by atoms with Gasteiger partial charge in [-0.3, -0.25) is 19.9 Å². The minimum absolute atomic E-state index is 0.0152. The van der Waals surface area contributed by atoms with E-state index in [2.05, 4.69) is 39.9 Å². The molecule has 1 aliphatic rings. The molecule has 0 spiro atoms. The molecule has 1 aliphatic carbocycles. The molecule has 1 atom stereocenters. The summed E-state index contributed by atoms with van der Waals surface area (Å²) < 4.78 is 5.54. The lowest BCUT2D eigenvalue weighted by Gasteiger charge is -2.15. The number of rotatable bonds is 9. The van der Waals surface area contributed by atoms with Crippen molar-refractivity contribution < 1.29 is 24.2 Å². The number of carboxylic acids is 1. The molecule has 4 rings (SSSR count). The van der Waals surface area contributed by atoms with Gasteiger partial charge in [-0.1, -0.05) is 55.5 Å². The highest BCUT2D eigenvalue weighted by Gasteiger charge is 2.29. The summed E-state index contributed by atoms with van der Waals surface area (Å²) in [6.07, 6.45) is 1.28.